The van der Waals surface area contributed by atoms with Crippen LogP contribution in [0.2, 0.25) is 0 Å². The summed E-state index contributed by atoms with van der Waals surface area (Å²) in [4.78, 5) is 12.8. The number of hydrogen-bond acceptors (Lipinski definition) is 10. The monoisotopic (exact) mass is 413 g/mol. The first-order chi connectivity index (χ1) is 13.3. The first-order valence-corrected chi connectivity index (χ1v) is 10.7. The number of imidazole rings is 1. The fourth-order valence-corrected chi connectivity index (χ4v) is 5.13. The maximum atomic E-state index is 12.7. The molecule has 0 spiro atoms. The van der Waals surface area contributed by atoms with Crippen molar-refractivity contribution in [3.05, 3.63) is 6.33 Å². The van der Waals surface area contributed by atoms with Crippen LogP contribution in [0.4, 0.5) is 5.95 Å². The quantitative estimate of drug-likeness (QED) is 0.728. The molecule has 2 N–H and O–H groups in total. The zero-order chi connectivity index (χ0) is 20.1. The number of nitrogen functional groups attached to an aromatic ring is 1. The Morgan fingerprint density at radius 3 is 2.93 bits per heavy atom. The lowest BCUT2D eigenvalue weighted by atomic mass is 10.0. The maximum absolute atomic E-state index is 12.7. The highest BCUT2D eigenvalue weighted by Crippen LogP contribution is 2.58. The van der Waals surface area contributed by atoms with E-state index in [1.165, 1.54) is 0 Å². The minimum atomic E-state index is -3.62. The van der Waals surface area contributed by atoms with Gasteiger partial charge in [0.05, 0.1) is 25.6 Å². The van der Waals surface area contributed by atoms with Crippen molar-refractivity contribution < 1.29 is 27.6 Å². The van der Waals surface area contributed by atoms with Crippen LogP contribution in [0.3, 0.4) is 0 Å². The Hall–Kier alpha value is -1.78. The molecule has 4 rings (SSSR count). The number of nitrogens with zero attached hydrogens (tertiary/aromatic N) is 4. The van der Waals surface area contributed by atoms with Gasteiger partial charge in [0.1, 0.15) is 18.4 Å². The van der Waals surface area contributed by atoms with Gasteiger partial charge in [-0.25, -0.2) is 9.55 Å². The number of phosphoric ester groups is 1. The third-order valence-corrected chi connectivity index (χ3v) is 6.25. The van der Waals surface area contributed by atoms with Gasteiger partial charge in [0.15, 0.2) is 11.2 Å². The van der Waals surface area contributed by atoms with Crippen LogP contribution in [-0.4, -0.2) is 51.0 Å². The number of nitrogens with two attached hydrogens (primary N) is 1. The number of aromatic nitrogens is 4. The average molecular weight is 413 g/mol. The predicted molar refractivity (Wildman–Crippen MR) is 98.6 cm³/mol. The molecule has 0 amide bonds. The second kappa shape index (κ2) is 7.23. The summed E-state index contributed by atoms with van der Waals surface area (Å²) in [5.41, 5.74) is 6.82. The Morgan fingerprint density at radius 1 is 1.43 bits per heavy atom. The first-order valence-electron chi connectivity index (χ1n) is 9.21. The van der Waals surface area contributed by atoms with Crippen molar-refractivity contribution in [2.24, 2.45) is 5.92 Å². The molecule has 11 nitrogen and oxygen atoms in total. The summed E-state index contributed by atoms with van der Waals surface area (Å²) in [5, 5.41) is 0. The number of fused-ring (bicyclic) bond motifs is 2. The largest absolute Gasteiger partial charge is 0.476 e. The highest BCUT2D eigenvalue weighted by Gasteiger charge is 2.52. The van der Waals surface area contributed by atoms with Crippen molar-refractivity contribution in [3.63, 3.8) is 0 Å². The summed E-state index contributed by atoms with van der Waals surface area (Å²) in [6.07, 6.45) is 0.0143. The van der Waals surface area contributed by atoms with Gasteiger partial charge in [-0.05, 0) is 20.8 Å². The van der Waals surface area contributed by atoms with Crippen LogP contribution >= 0.6 is 7.82 Å². The first kappa shape index (κ1) is 19.5. The zero-order valence-electron chi connectivity index (χ0n) is 16.1. The van der Waals surface area contributed by atoms with E-state index in [2.05, 4.69) is 15.0 Å². The molecule has 2 aliphatic rings. The van der Waals surface area contributed by atoms with Gasteiger partial charge in [-0.15, -0.1) is 0 Å². The zero-order valence-corrected chi connectivity index (χ0v) is 17.0. The van der Waals surface area contributed by atoms with Crippen molar-refractivity contribution in [1.82, 2.24) is 19.5 Å². The van der Waals surface area contributed by atoms with E-state index < -0.39 is 20.2 Å². The third-order valence-electron chi connectivity index (χ3n) is 4.60. The standard InChI is InChI=1S/C16H24N5O6P/c1-5-23-14-11-13(19-16(17)20-14)21(7-18-11)15-9(4)12-10(25-15)6-24-28(22,27-12)26-8(2)3/h7-10,12,15H,5-6H2,1-4H3,(H2,17,19,20). The molecule has 5 atom stereocenters. The molecule has 2 aromatic rings. The molecular weight excluding hydrogens is 389 g/mol. The van der Waals surface area contributed by atoms with Crippen molar-refractivity contribution >= 4 is 24.9 Å². The van der Waals surface area contributed by atoms with E-state index in [1.807, 2.05) is 13.8 Å². The Morgan fingerprint density at radius 2 is 2.21 bits per heavy atom. The van der Waals surface area contributed by atoms with Crippen LogP contribution in [0, 0.1) is 5.92 Å². The highest BCUT2D eigenvalue weighted by atomic mass is 31.2. The molecule has 4 heterocycles. The number of hydrogen-bond donors (Lipinski definition) is 1. The molecule has 28 heavy (non-hydrogen) atoms. The molecule has 0 aliphatic carbocycles. The van der Waals surface area contributed by atoms with Crippen LogP contribution in [0.5, 0.6) is 5.88 Å². The molecular formula is C16H24N5O6P. The molecule has 0 bridgehead atoms. The Bertz CT molecular complexity index is 920. The second-order valence-electron chi connectivity index (χ2n) is 7.04. The van der Waals surface area contributed by atoms with Crippen molar-refractivity contribution in [2.45, 2.75) is 52.2 Å². The predicted octanol–water partition coefficient (Wildman–Crippen LogP) is 2.29. The van der Waals surface area contributed by atoms with Crippen LogP contribution in [0.15, 0.2) is 6.33 Å². The number of phosphoric acid groups is 1. The number of rotatable bonds is 5. The van der Waals surface area contributed by atoms with Gasteiger partial charge in [0.2, 0.25) is 11.8 Å². The lowest BCUT2D eigenvalue weighted by Gasteiger charge is -2.32. The van der Waals surface area contributed by atoms with E-state index in [4.69, 9.17) is 28.8 Å². The molecule has 154 valence electrons. The van der Waals surface area contributed by atoms with Gasteiger partial charge < -0.3 is 15.2 Å². The summed E-state index contributed by atoms with van der Waals surface area (Å²) in [6.45, 7) is 7.88. The van der Waals surface area contributed by atoms with E-state index in [-0.39, 0.29) is 30.7 Å². The number of anilines is 1. The smallest absolute Gasteiger partial charge is 0.475 e. The SMILES string of the molecule is CCOc1nc(N)nc2c1ncn2C1OC2COP(=O)(OC(C)C)OC2C1C. The van der Waals surface area contributed by atoms with Crippen LogP contribution in [0.1, 0.15) is 33.9 Å². The molecule has 2 fully saturated rings. The van der Waals surface area contributed by atoms with Crippen molar-refractivity contribution in [1.29, 1.82) is 0 Å². The molecule has 0 saturated carbocycles. The maximum Gasteiger partial charge on any atom is 0.475 e. The van der Waals surface area contributed by atoms with Gasteiger partial charge in [-0.1, -0.05) is 6.92 Å². The normalized spacial score (nSPS) is 32.8. The topological polar surface area (TPSA) is 133 Å². The van der Waals surface area contributed by atoms with E-state index in [0.29, 0.717) is 23.7 Å². The van der Waals surface area contributed by atoms with Gasteiger partial charge in [-0.3, -0.25) is 18.1 Å². The fraction of sp³-hybridized carbons (Fsp3) is 0.688. The molecule has 2 aliphatic heterocycles. The van der Waals surface area contributed by atoms with E-state index in [1.54, 1.807) is 24.7 Å². The molecule has 0 aromatic carbocycles. The van der Waals surface area contributed by atoms with E-state index in [0.717, 1.165) is 0 Å². The lowest BCUT2D eigenvalue weighted by molar-refractivity contribution is -0.0733. The van der Waals surface area contributed by atoms with Gasteiger partial charge in [-0.2, -0.15) is 9.97 Å². The summed E-state index contributed by atoms with van der Waals surface area (Å²) in [5.74, 6) is 0.235. The van der Waals surface area contributed by atoms with Crippen LogP contribution < -0.4 is 10.5 Å². The van der Waals surface area contributed by atoms with E-state index >= 15 is 0 Å². The Balaban J connectivity index is 1.64. The summed E-state index contributed by atoms with van der Waals surface area (Å²) < 4.78 is 42.5. The van der Waals surface area contributed by atoms with Gasteiger partial charge in [0.25, 0.3) is 0 Å². The number of ether oxygens (including phenoxy) is 2. The molecule has 5 unspecified atom stereocenters. The molecule has 2 saturated heterocycles. The molecule has 2 aromatic heterocycles. The Labute approximate surface area is 162 Å². The minimum Gasteiger partial charge on any atom is -0.476 e. The summed E-state index contributed by atoms with van der Waals surface area (Å²) in [7, 11) is -3.62. The van der Waals surface area contributed by atoms with Crippen molar-refractivity contribution in [2.75, 3.05) is 18.9 Å². The van der Waals surface area contributed by atoms with E-state index in [9.17, 15) is 4.57 Å². The molecule has 12 heteroatoms. The third kappa shape index (κ3) is 3.37. The lowest BCUT2D eigenvalue weighted by Crippen LogP contribution is -2.36. The average Bonchev–Trinajstić information content (AvgIpc) is 3.16. The minimum absolute atomic E-state index is 0.0789. The molecule has 0 radical (unpaired) electrons. The van der Waals surface area contributed by atoms with Crippen molar-refractivity contribution in [3.8, 4) is 5.88 Å². The van der Waals surface area contributed by atoms with Gasteiger partial charge in [0, 0.05) is 5.92 Å². The summed E-state index contributed by atoms with van der Waals surface area (Å²) in [6, 6.07) is 0. The fourth-order valence-electron chi connectivity index (χ4n) is 3.49. The highest BCUT2D eigenvalue weighted by molar-refractivity contribution is 7.48. The van der Waals surface area contributed by atoms with Crippen LogP contribution in [0.25, 0.3) is 11.2 Å². The van der Waals surface area contributed by atoms with Crippen LogP contribution in [-0.2, 0) is 22.9 Å². The second-order valence-corrected chi connectivity index (χ2v) is 8.61. The Kier molecular flexibility index (Phi) is 5.05. The summed E-state index contributed by atoms with van der Waals surface area (Å²) >= 11 is 0. The van der Waals surface area contributed by atoms with Gasteiger partial charge >= 0.3 is 7.82 Å².